The summed E-state index contributed by atoms with van der Waals surface area (Å²) in [6.07, 6.45) is 2.23. The summed E-state index contributed by atoms with van der Waals surface area (Å²) in [6, 6.07) is 2.93. The van der Waals surface area contributed by atoms with Crippen molar-refractivity contribution in [1.82, 2.24) is 4.98 Å². The van der Waals surface area contributed by atoms with Crippen LogP contribution in [0.25, 0.3) is 0 Å². The van der Waals surface area contributed by atoms with Crippen LogP contribution in [0.2, 0.25) is 0 Å². The van der Waals surface area contributed by atoms with Gasteiger partial charge in [-0.25, -0.2) is 9.37 Å². The number of aromatic nitrogens is 1. The van der Waals surface area contributed by atoms with Crippen LogP contribution >= 0.6 is 0 Å². The molecule has 0 aromatic carbocycles. The first-order chi connectivity index (χ1) is 8.87. The lowest BCUT2D eigenvalue weighted by Crippen LogP contribution is -2.31. The summed E-state index contributed by atoms with van der Waals surface area (Å²) in [4.78, 5) is 17.8. The maximum absolute atomic E-state index is 13.6. The van der Waals surface area contributed by atoms with E-state index in [0.29, 0.717) is 25.3 Å². The summed E-state index contributed by atoms with van der Waals surface area (Å²) < 4.78 is 19.0. The highest BCUT2D eigenvalue weighted by molar-refractivity contribution is 5.74. The molecule has 0 spiro atoms. The molecule has 5 heteroatoms. The van der Waals surface area contributed by atoms with Gasteiger partial charge < -0.3 is 9.64 Å². The van der Waals surface area contributed by atoms with Gasteiger partial charge in [0.05, 0.1) is 5.92 Å². The van der Waals surface area contributed by atoms with Crippen LogP contribution in [0.5, 0.6) is 0 Å². The monoisotopic (exact) mass is 266 g/mol. The lowest BCUT2D eigenvalue weighted by atomic mass is 10.1. The fourth-order valence-corrected chi connectivity index (χ4v) is 2.14. The van der Waals surface area contributed by atoms with Crippen molar-refractivity contribution in [1.29, 1.82) is 0 Å². The van der Waals surface area contributed by atoms with Crippen molar-refractivity contribution in [2.75, 3.05) is 18.0 Å². The van der Waals surface area contributed by atoms with E-state index in [1.807, 2.05) is 20.8 Å². The zero-order valence-electron chi connectivity index (χ0n) is 11.5. The van der Waals surface area contributed by atoms with Crippen molar-refractivity contribution in [3.63, 3.8) is 0 Å². The van der Waals surface area contributed by atoms with Crippen LogP contribution < -0.4 is 4.90 Å². The molecule has 1 fully saturated rings. The van der Waals surface area contributed by atoms with E-state index < -0.39 is 5.60 Å². The predicted molar refractivity (Wildman–Crippen MR) is 70.4 cm³/mol. The van der Waals surface area contributed by atoms with E-state index in [2.05, 4.69) is 4.98 Å². The molecule has 2 heterocycles. The van der Waals surface area contributed by atoms with Gasteiger partial charge in [-0.05, 0) is 39.3 Å². The fraction of sp³-hybridized carbons (Fsp3) is 0.571. The van der Waals surface area contributed by atoms with Crippen LogP contribution in [-0.4, -0.2) is 29.6 Å². The molecule has 1 saturated heterocycles. The average Bonchev–Trinajstić information content (AvgIpc) is 2.76. The standard InChI is InChI=1S/C14H19FN2O2/c1-14(2,3)19-13(18)10-6-8-17(9-10)12-11(15)5-4-7-16-12/h4-5,7,10H,6,8-9H2,1-3H3/t10-/m0/s1. The second-order valence-electron chi connectivity index (χ2n) is 5.77. The van der Waals surface area contributed by atoms with Gasteiger partial charge in [0.1, 0.15) is 5.60 Å². The van der Waals surface area contributed by atoms with Gasteiger partial charge in [-0.15, -0.1) is 0 Å². The van der Waals surface area contributed by atoms with Gasteiger partial charge >= 0.3 is 5.97 Å². The quantitative estimate of drug-likeness (QED) is 0.771. The molecular weight excluding hydrogens is 247 g/mol. The summed E-state index contributed by atoms with van der Waals surface area (Å²) in [5, 5.41) is 0. The Bertz CT molecular complexity index is 471. The van der Waals surface area contributed by atoms with E-state index in [4.69, 9.17) is 4.74 Å². The number of hydrogen-bond acceptors (Lipinski definition) is 4. The van der Waals surface area contributed by atoms with Crippen LogP contribution in [0.4, 0.5) is 10.2 Å². The Hall–Kier alpha value is -1.65. The molecule has 0 N–H and O–H groups in total. The van der Waals surface area contributed by atoms with E-state index in [1.165, 1.54) is 6.07 Å². The SMILES string of the molecule is CC(C)(C)OC(=O)[C@H]1CCN(c2ncccc2F)C1. The van der Waals surface area contributed by atoms with Crippen LogP contribution in [0.3, 0.4) is 0 Å². The summed E-state index contributed by atoms with van der Waals surface area (Å²) in [7, 11) is 0. The summed E-state index contributed by atoms with van der Waals surface area (Å²) in [5.41, 5.74) is -0.485. The normalized spacial score (nSPS) is 19.6. The smallest absolute Gasteiger partial charge is 0.311 e. The molecule has 1 aliphatic heterocycles. The second kappa shape index (κ2) is 5.15. The predicted octanol–water partition coefficient (Wildman–Crippen LogP) is 2.39. The summed E-state index contributed by atoms with van der Waals surface area (Å²) in [6.45, 7) is 6.61. The van der Waals surface area contributed by atoms with E-state index in [1.54, 1.807) is 17.2 Å². The number of ether oxygens (including phenoxy) is 1. The molecule has 1 aromatic rings. The number of rotatable bonds is 2. The Morgan fingerprint density at radius 3 is 2.89 bits per heavy atom. The molecule has 2 rings (SSSR count). The minimum atomic E-state index is -0.485. The van der Waals surface area contributed by atoms with Gasteiger partial charge in [0.25, 0.3) is 0 Å². The number of pyridine rings is 1. The molecule has 0 amide bonds. The third-order valence-corrected chi connectivity index (χ3v) is 2.97. The first kappa shape index (κ1) is 13.8. The van der Waals surface area contributed by atoms with E-state index in [-0.39, 0.29) is 17.7 Å². The van der Waals surface area contributed by atoms with Gasteiger partial charge in [-0.2, -0.15) is 0 Å². The largest absolute Gasteiger partial charge is 0.460 e. The maximum atomic E-state index is 13.6. The molecule has 0 aliphatic carbocycles. The Balaban J connectivity index is 2.01. The number of esters is 1. The Labute approximate surface area is 112 Å². The average molecular weight is 266 g/mol. The molecule has 1 aromatic heterocycles. The number of halogens is 1. The van der Waals surface area contributed by atoms with Gasteiger partial charge in [-0.3, -0.25) is 4.79 Å². The van der Waals surface area contributed by atoms with E-state index in [0.717, 1.165) is 0 Å². The molecule has 0 bridgehead atoms. The second-order valence-corrected chi connectivity index (χ2v) is 5.77. The van der Waals surface area contributed by atoms with Crippen molar-refractivity contribution in [3.8, 4) is 0 Å². The van der Waals surface area contributed by atoms with Gasteiger partial charge in [0.15, 0.2) is 11.6 Å². The van der Waals surface area contributed by atoms with Gasteiger partial charge in [-0.1, -0.05) is 0 Å². The number of anilines is 1. The molecule has 0 radical (unpaired) electrons. The molecule has 0 saturated carbocycles. The Morgan fingerprint density at radius 1 is 1.53 bits per heavy atom. The van der Waals surface area contributed by atoms with Crippen molar-refractivity contribution < 1.29 is 13.9 Å². The number of carbonyl (C=O) groups is 1. The molecule has 0 unspecified atom stereocenters. The molecule has 1 aliphatic rings. The van der Waals surface area contributed by atoms with E-state index in [9.17, 15) is 9.18 Å². The number of nitrogens with zero attached hydrogens (tertiary/aromatic N) is 2. The highest BCUT2D eigenvalue weighted by Gasteiger charge is 2.33. The van der Waals surface area contributed by atoms with Crippen molar-refractivity contribution >= 4 is 11.8 Å². The van der Waals surface area contributed by atoms with Crippen molar-refractivity contribution in [3.05, 3.63) is 24.1 Å². The van der Waals surface area contributed by atoms with Crippen molar-refractivity contribution in [2.45, 2.75) is 32.8 Å². The van der Waals surface area contributed by atoms with Crippen LogP contribution in [0.1, 0.15) is 27.2 Å². The first-order valence-electron chi connectivity index (χ1n) is 6.45. The van der Waals surface area contributed by atoms with Gasteiger partial charge in [0.2, 0.25) is 0 Å². The lowest BCUT2D eigenvalue weighted by Gasteiger charge is -2.22. The molecule has 104 valence electrons. The fourth-order valence-electron chi connectivity index (χ4n) is 2.14. The molecule has 4 nitrogen and oxygen atoms in total. The Kier molecular flexibility index (Phi) is 3.73. The zero-order chi connectivity index (χ0) is 14.0. The third-order valence-electron chi connectivity index (χ3n) is 2.97. The zero-order valence-corrected chi connectivity index (χ0v) is 11.5. The van der Waals surface area contributed by atoms with Crippen LogP contribution in [0, 0.1) is 11.7 Å². The number of carbonyl (C=O) groups excluding carboxylic acids is 1. The summed E-state index contributed by atoms with van der Waals surface area (Å²) >= 11 is 0. The van der Waals surface area contributed by atoms with Gasteiger partial charge in [0, 0.05) is 19.3 Å². The molecule has 19 heavy (non-hydrogen) atoms. The van der Waals surface area contributed by atoms with Crippen LogP contribution in [-0.2, 0) is 9.53 Å². The summed E-state index contributed by atoms with van der Waals surface area (Å²) in [5.74, 6) is -0.465. The molecule has 1 atom stereocenters. The Morgan fingerprint density at radius 2 is 2.26 bits per heavy atom. The highest BCUT2D eigenvalue weighted by atomic mass is 19.1. The van der Waals surface area contributed by atoms with E-state index >= 15 is 0 Å². The lowest BCUT2D eigenvalue weighted by molar-refractivity contribution is -0.159. The van der Waals surface area contributed by atoms with Crippen LogP contribution in [0.15, 0.2) is 18.3 Å². The van der Waals surface area contributed by atoms with Crippen molar-refractivity contribution in [2.24, 2.45) is 5.92 Å². The molecular formula is C14H19FN2O2. The minimum absolute atomic E-state index is 0.208. The topological polar surface area (TPSA) is 42.4 Å². The third kappa shape index (κ3) is 3.43. The highest BCUT2D eigenvalue weighted by Crippen LogP contribution is 2.26. The maximum Gasteiger partial charge on any atom is 0.311 e. The number of hydrogen-bond donors (Lipinski definition) is 0. The first-order valence-corrected chi connectivity index (χ1v) is 6.45. The minimum Gasteiger partial charge on any atom is -0.460 e.